The highest BCUT2D eigenvalue weighted by atomic mass is 32.2. The first-order valence-corrected chi connectivity index (χ1v) is 7.75. The SMILES string of the molecule is C[C@H](Sc1nnc(C2CC2)o1)C(=O)NC(=O)NC(C)(C)C. The minimum absolute atomic E-state index is 0.357. The van der Waals surface area contributed by atoms with E-state index in [4.69, 9.17) is 4.42 Å². The summed E-state index contributed by atoms with van der Waals surface area (Å²) in [5, 5.41) is 12.7. The van der Waals surface area contributed by atoms with Gasteiger partial charge in [0.15, 0.2) is 0 Å². The van der Waals surface area contributed by atoms with Crippen molar-refractivity contribution in [1.82, 2.24) is 20.8 Å². The normalized spacial score (nSPS) is 16.4. The van der Waals surface area contributed by atoms with Crippen LogP contribution < -0.4 is 10.6 Å². The summed E-state index contributed by atoms with van der Waals surface area (Å²) >= 11 is 1.15. The molecule has 1 saturated carbocycles. The molecule has 1 fully saturated rings. The number of thioether (sulfide) groups is 1. The van der Waals surface area contributed by atoms with Crippen molar-refractivity contribution in [3.8, 4) is 0 Å². The van der Waals surface area contributed by atoms with Crippen molar-refractivity contribution < 1.29 is 14.0 Å². The smallest absolute Gasteiger partial charge is 0.321 e. The maximum atomic E-state index is 11.9. The van der Waals surface area contributed by atoms with Crippen molar-refractivity contribution in [2.24, 2.45) is 0 Å². The average Bonchev–Trinajstić information content (AvgIpc) is 3.08. The lowest BCUT2D eigenvalue weighted by Crippen LogP contribution is -2.49. The number of aromatic nitrogens is 2. The maximum Gasteiger partial charge on any atom is 0.321 e. The summed E-state index contributed by atoms with van der Waals surface area (Å²) in [6, 6.07) is -0.510. The van der Waals surface area contributed by atoms with Crippen LogP contribution in [-0.4, -0.2) is 32.9 Å². The van der Waals surface area contributed by atoms with Gasteiger partial charge in [-0.2, -0.15) is 0 Å². The Kier molecular flexibility index (Phi) is 4.55. The van der Waals surface area contributed by atoms with Crippen molar-refractivity contribution in [1.29, 1.82) is 0 Å². The van der Waals surface area contributed by atoms with E-state index >= 15 is 0 Å². The minimum Gasteiger partial charge on any atom is -0.416 e. The summed E-state index contributed by atoms with van der Waals surface area (Å²) in [6.45, 7) is 7.21. The maximum absolute atomic E-state index is 11.9. The first-order chi connectivity index (χ1) is 9.74. The Bertz CT molecular complexity index is 534. The first kappa shape index (κ1) is 15.8. The van der Waals surface area contributed by atoms with Gasteiger partial charge in [0.25, 0.3) is 5.22 Å². The number of carbonyl (C=O) groups is 2. The van der Waals surface area contributed by atoms with Crippen LogP contribution in [0.5, 0.6) is 0 Å². The van der Waals surface area contributed by atoms with Gasteiger partial charge in [-0.15, -0.1) is 10.2 Å². The Balaban J connectivity index is 1.82. The van der Waals surface area contributed by atoms with E-state index in [2.05, 4.69) is 20.8 Å². The number of rotatable bonds is 4. The van der Waals surface area contributed by atoms with Crippen LogP contribution in [0.4, 0.5) is 4.79 Å². The highest BCUT2D eigenvalue weighted by Crippen LogP contribution is 2.40. The van der Waals surface area contributed by atoms with E-state index in [1.165, 1.54) is 0 Å². The highest BCUT2D eigenvalue weighted by Gasteiger charge is 2.30. The second-order valence-electron chi connectivity index (χ2n) is 6.13. The second kappa shape index (κ2) is 6.05. The largest absolute Gasteiger partial charge is 0.416 e. The third kappa shape index (κ3) is 5.04. The van der Waals surface area contributed by atoms with Gasteiger partial charge in [-0.25, -0.2) is 4.79 Å². The predicted octanol–water partition coefficient (Wildman–Crippen LogP) is 2.05. The predicted molar refractivity (Wildman–Crippen MR) is 78.0 cm³/mol. The Hall–Kier alpha value is -1.57. The summed E-state index contributed by atoms with van der Waals surface area (Å²) in [5.41, 5.74) is -0.396. The molecule has 1 aliphatic rings. The monoisotopic (exact) mass is 312 g/mol. The molecule has 8 heteroatoms. The highest BCUT2D eigenvalue weighted by molar-refractivity contribution is 8.00. The lowest BCUT2D eigenvalue weighted by atomic mass is 10.1. The lowest BCUT2D eigenvalue weighted by molar-refractivity contribution is -0.119. The molecule has 2 rings (SSSR count). The number of urea groups is 1. The lowest BCUT2D eigenvalue weighted by Gasteiger charge is -2.20. The molecule has 2 N–H and O–H groups in total. The van der Waals surface area contributed by atoms with Gasteiger partial charge in [0, 0.05) is 11.5 Å². The minimum atomic E-state index is -0.510. The van der Waals surface area contributed by atoms with Crippen molar-refractivity contribution >= 4 is 23.7 Å². The molecule has 1 aliphatic carbocycles. The van der Waals surface area contributed by atoms with E-state index in [0.29, 0.717) is 17.0 Å². The fourth-order valence-electron chi connectivity index (χ4n) is 1.55. The molecule has 7 nitrogen and oxygen atoms in total. The number of hydrogen-bond donors (Lipinski definition) is 2. The summed E-state index contributed by atoms with van der Waals surface area (Å²) in [5.74, 6) is 0.622. The number of nitrogens with zero attached hydrogens (tertiary/aromatic N) is 2. The molecule has 0 bridgehead atoms. The van der Waals surface area contributed by atoms with Gasteiger partial charge in [-0.05, 0) is 40.5 Å². The molecule has 1 atom stereocenters. The van der Waals surface area contributed by atoms with E-state index < -0.39 is 22.7 Å². The van der Waals surface area contributed by atoms with Gasteiger partial charge in [0.1, 0.15) is 0 Å². The zero-order chi connectivity index (χ0) is 15.6. The molecule has 3 amide bonds. The van der Waals surface area contributed by atoms with Gasteiger partial charge >= 0.3 is 6.03 Å². The second-order valence-corrected chi connectivity index (χ2v) is 7.43. The van der Waals surface area contributed by atoms with Gasteiger partial charge < -0.3 is 9.73 Å². The van der Waals surface area contributed by atoms with E-state index in [1.807, 2.05) is 20.8 Å². The number of imide groups is 1. The standard InChI is InChI=1S/C13H20N4O3S/c1-7(9(18)14-11(19)15-13(2,3)4)21-12-17-16-10(20-12)8-5-6-8/h7-8H,5-6H2,1-4H3,(H2,14,15,18,19)/t7-/m0/s1. The first-order valence-electron chi connectivity index (χ1n) is 6.87. The molecule has 0 unspecified atom stereocenters. The van der Waals surface area contributed by atoms with Gasteiger partial charge in [-0.3, -0.25) is 10.1 Å². The quantitative estimate of drug-likeness (QED) is 0.826. The van der Waals surface area contributed by atoms with Crippen LogP contribution in [0.2, 0.25) is 0 Å². The number of nitrogens with one attached hydrogen (secondary N) is 2. The molecule has 0 saturated heterocycles. The van der Waals surface area contributed by atoms with Crippen molar-refractivity contribution in [2.45, 2.75) is 62.5 Å². The van der Waals surface area contributed by atoms with Crippen LogP contribution in [-0.2, 0) is 4.79 Å². The fourth-order valence-corrected chi connectivity index (χ4v) is 2.24. The molecule has 0 radical (unpaired) electrons. The molecular formula is C13H20N4O3S. The van der Waals surface area contributed by atoms with Crippen LogP contribution in [0.25, 0.3) is 0 Å². The average molecular weight is 312 g/mol. The Morgan fingerprint density at radius 3 is 2.57 bits per heavy atom. The third-order valence-corrected chi connectivity index (χ3v) is 3.66. The Morgan fingerprint density at radius 2 is 2.00 bits per heavy atom. The van der Waals surface area contributed by atoms with E-state index in [0.717, 1.165) is 24.6 Å². The molecule has 21 heavy (non-hydrogen) atoms. The summed E-state index contributed by atoms with van der Waals surface area (Å²) in [6.07, 6.45) is 2.16. The Morgan fingerprint density at radius 1 is 1.33 bits per heavy atom. The van der Waals surface area contributed by atoms with Gasteiger partial charge in [0.2, 0.25) is 11.8 Å². The van der Waals surface area contributed by atoms with Crippen LogP contribution in [0.15, 0.2) is 9.64 Å². The zero-order valence-corrected chi connectivity index (χ0v) is 13.4. The summed E-state index contributed by atoms with van der Waals surface area (Å²) < 4.78 is 5.47. The summed E-state index contributed by atoms with van der Waals surface area (Å²) in [7, 11) is 0. The van der Waals surface area contributed by atoms with E-state index in [1.54, 1.807) is 6.92 Å². The van der Waals surface area contributed by atoms with E-state index in [-0.39, 0.29) is 0 Å². The van der Waals surface area contributed by atoms with Gasteiger partial charge in [-0.1, -0.05) is 11.8 Å². The molecule has 0 aliphatic heterocycles. The third-order valence-electron chi connectivity index (χ3n) is 2.72. The molecule has 0 spiro atoms. The van der Waals surface area contributed by atoms with Crippen LogP contribution in [0.1, 0.15) is 52.3 Å². The number of carbonyl (C=O) groups excluding carboxylic acids is 2. The van der Waals surface area contributed by atoms with Crippen molar-refractivity contribution in [3.63, 3.8) is 0 Å². The van der Waals surface area contributed by atoms with E-state index in [9.17, 15) is 9.59 Å². The van der Waals surface area contributed by atoms with Crippen molar-refractivity contribution in [2.75, 3.05) is 0 Å². The molecule has 1 aromatic heterocycles. The Labute approximate surface area is 127 Å². The number of amides is 3. The molecule has 116 valence electrons. The molecule has 0 aromatic carbocycles. The molecule has 1 heterocycles. The topological polar surface area (TPSA) is 97.1 Å². The summed E-state index contributed by atoms with van der Waals surface area (Å²) in [4.78, 5) is 23.5. The van der Waals surface area contributed by atoms with Gasteiger partial charge in [0.05, 0.1) is 5.25 Å². The van der Waals surface area contributed by atoms with Crippen LogP contribution in [0, 0.1) is 0 Å². The zero-order valence-electron chi connectivity index (χ0n) is 12.6. The van der Waals surface area contributed by atoms with Crippen molar-refractivity contribution in [3.05, 3.63) is 5.89 Å². The fraction of sp³-hybridized carbons (Fsp3) is 0.692. The van der Waals surface area contributed by atoms with Crippen LogP contribution in [0.3, 0.4) is 0 Å². The number of hydrogen-bond acceptors (Lipinski definition) is 6. The molecular weight excluding hydrogens is 292 g/mol. The van der Waals surface area contributed by atoms with Crippen LogP contribution >= 0.6 is 11.8 Å². The molecule has 1 aromatic rings.